The Hall–Kier alpha value is -2.99. The van der Waals surface area contributed by atoms with Crippen molar-refractivity contribution in [2.24, 2.45) is 0 Å². The van der Waals surface area contributed by atoms with Crippen LogP contribution < -0.4 is 0 Å². The van der Waals surface area contributed by atoms with E-state index in [0.29, 0.717) is 24.6 Å². The van der Waals surface area contributed by atoms with Crippen molar-refractivity contribution in [1.29, 1.82) is 0 Å². The van der Waals surface area contributed by atoms with Gasteiger partial charge in [0.2, 0.25) is 5.60 Å². The van der Waals surface area contributed by atoms with Crippen molar-refractivity contribution in [2.75, 3.05) is 13.6 Å². The minimum Gasteiger partial charge on any atom is -0.373 e. The predicted molar refractivity (Wildman–Crippen MR) is 103 cm³/mol. The van der Waals surface area contributed by atoms with E-state index in [1.54, 1.807) is 13.1 Å². The SMILES string of the molecule is CN1CC[C@@](O)(c2cc(-c3cccc(-c4cc(C5CC5)ccn4)c3)no2)C1=O. The topological polar surface area (TPSA) is 79.5 Å². The zero-order valence-electron chi connectivity index (χ0n) is 15.6. The minimum atomic E-state index is -1.63. The van der Waals surface area contributed by atoms with Crippen molar-refractivity contribution in [2.45, 2.75) is 30.8 Å². The summed E-state index contributed by atoms with van der Waals surface area (Å²) in [7, 11) is 1.67. The number of carbonyl (C=O) groups is 1. The van der Waals surface area contributed by atoms with Gasteiger partial charge in [-0.15, -0.1) is 0 Å². The molecule has 28 heavy (non-hydrogen) atoms. The van der Waals surface area contributed by atoms with Gasteiger partial charge in [0, 0.05) is 43.4 Å². The van der Waals surface area contributed by atoms with Crippen LogP contribution in [0.2, 0.25) is 0 Å². The molecule has 1 aliphatic carbocycles. The lowest BCUT2D eigenvalue weighted by Gasteiger charge is -2.16. The van der Waals surface area contributed by atoms with Gasteiger partial charge in [0.15, 0.2) is 5.76 Å². The van der Waals surface area contributed by atoms with E-state index in [4.69, 9.17) is 4.52 Å². The third-order valence-corrected chi connectivity index (χ3v) is 5.71. The summed E-state index contributed by atoms with van der Waals surface area (Å²) in [5.41, 5.74) is 3.09. The number of rotatable bonds is 4. The van der Waals surface area contributed by atoms with E-state index in [2.05, 4.69) is 22.3 Å². The molecule has 3 aromatic rings. The van der Waals surface area contributed by atoms with Gasteiger partial charge < -0.3 is 14.5 Å². The normalized spacial score (nSPS) is 22.1. The Morgan fingerprint density at radius 3 is 2.64 bits per heavy atom. The van der Waals surface area contributed by atoms with Gasteiger partial charge in [0.05, 0.1) is 5.69 Å². The number of hydrogen-bond acceptors (Lipinski definition) is 5. The molecule has 1 N–H and O–H groups in total. The molecule has 0 radical (unpaired) electrons. The van der Waals surface area contributed by atoms with E-state index in [1.807, 2.05) is 30.5 Å². The van der Waals surface area contributed by atoms with Crippen molar-refractivity contribution < 1.29 is 14.4 Å². The average molecular weight is 375 g/mol. The van der Waals surface area contributed by atoms with Crippen LogP contribution in [0.3, 0.4) is 0 Å². The number of likely N-dealkylation sites (N-methyl/N-ethyl adjacent to an activating group) is 1. The third kappa shape index (κ3) is 2.81. The van der Waals surface area contributed by atoms with E-state index in [0.717, 1.165) is 16.8 Å². The van der Waals surface area contributed by atoms with Gasteiger partial charge in [0.25, 0.3) is 5.91 Å². The number of carbonyl (C=O) groups excluding carboxylic acids is 1. The van der Waals surface area contributed by atoms with Crippen molar-refractivity contribution >= 4 is 5.91 Å². The van der Waals surface area contributed by atoms with E-state index < -0.39 is 5.60 Å². The molecule has 2 fully saturated rings. The standard InChI is InChI=1S/C22H21N3O3/c1-25-10-8-22(27,21(25)26)20-13-19(24-28-20)17-4-2-3-16(11-17)18-12-15(7-9-23-18)14-5-6-14/h2-4,7,9,11-14,27H,5-6,8,10H2,1H3/t22-/m1/s1. The number of aromatic nitrogens is 2. The van der Waals surface area contributed by atoms with Gasteiger partial charge in [-0.2, -0.15) is 0 Å². The molecule has 2 aromatic heterocycles. The van der Waals surface area contributed by atoms with E-state index in [-0.39, 0.29) is 11.7 Å². The van der Waals surface area contributed by atoms with E-state index >= 15 is 0 Å². The first-order valence-corrected chi connectivity index (χ1v) is 9.56. The number of likely N-dealkylation sites (tertiary alicyclic amines) is 1. The Morgan fingerprint density at radius 1 is 1.14 bits per heavy atom. The Bertz CT molecular complexity index is 1060. The zero-order chi connectivity index (χ0) is 19.3. The second-order valence-corrected chi connectivity index (χ2v) is 7.74. The molecule has 6 nitrogen and oxygen atoms in total. The summed E-state index contributed by atoms with van der Waals surface area (Å²) in [6, 6.07) is 13.8. The van der Waals surface area contributed by atoms with Crippen LogP contribution in [0.5, 0.6) is 0 Å². The van der Waals surface area contributed by atoms with Gasteiger partial charge in [-0.3, -0.25) is 9.78 Å². The molecule has 5 rings (SSSR count). The first-order chi connectivity index (χ1) is 13.5. The molecule has 1 atom stereocenters. The van der Waals surface area contributed by atoms with Crippen LogP contribution in [0.15, 0.2) is 53.2 Å². The van der Waals surface area contributed by atoms with Gasteiger partial charge in [-0.25, -0.2) is 0 Å². The van der Waals surface area contributed by atoms with Crippen LogP contribution >= 0.6 is 0 Å². The summed E-state index contributed by atoms with van der Waals surface area (Å²) in [4.78, 5) is 18.3. The van der Waals surface area contributed by atoms with Gasteiger partial charge in [0.1, 0.15) is 5.69 Å². The average Bonchev–Trinajstić information content (AvgIpc) is 3.40. The van der Waals surface area contributed by atoms with Gasteiger partial charge >= 0.3 is 0 Å². The predicted octanol–water partition coefficient (Wildman–Crippen LogP) is 3.33. The smallest absolute Gasteiger partial charge is 0.262 e. The quantitative estimate of drug-likeness (QED) is 0.757. The highest BCUT2D eigenvalue weighted by Crippen LogP contribution is 2.41. The van der Waals surface area contributed by atoms with Crippen LogP contribution in [0, 0.1) is 0 Å². The molecular formula is C22H21N3O3. The van der Waals surface area contributed by atoms with Gasteiger partial charge in [-0.05, 0) is 42.5 Å². The molecule has 6 heteroatoms. The highest BCUT2D eigenvalue weighted by Gasteiger charge is 2.48. The second kappa shape index (κ2) is 6.27. The molecule has 1 saturated carbocycles. The van der Waals surface area contributed by atoms with Crippen molar-refractivity contribution in [3.05, 3.63) is 60.0 Å². The molecule has 0 spiro atoms. The minimum absolute atomic E-state index is 0.191. The first kappa shape index (κ1) is 17.1. The molecule has 3 heterocycles. The molecule has 1 saturated heterocycles. The van der Waals surface area contributed by atoms with Crippen LogP contribution in [0.1, 0.15) is 36.5 Å². The van der Waals surface area contributed by atoms with E-state index in [9.17, 15) is 9.90 Å². The summed E-state index contributed by atoms with van der Waals surface area (Å²) in [5, 5.41) is 14.8. The largest absolute Gasteiger partial charge is 0.373 e. The van der Waals surface area contributed by atoms with Crippen molar-refractivity contribution in [1.82, 2.24) is 15.0 Å². The monoisotopic (exact) mass is 375 g/mol. The maximum absolute atomic E-state index is 12.3. The van der Waals surface area contributed by atoms with Crippen LogP contribution in [-0.2, 0) is 10.4 Å². The number of pyridine rings is 1. The highest BCUT2D eigenvalue weighted by atomic mass is 16.5. The van der Waals surface area contributed by atoms with Crippen molar-refractivity contribution in [3.63, 3.8) is 0 Å². The Morgan fingerprint density at radius 2 is 1.93 bits per heavy atom. The fourth-order valence-corrected chi connectivity index (χ4v) is 3.80. The maximum atomic E-state index is 12.3. The highest BCUT2D eigenvalue weighted by molar-refractivity contribution is 5.87. The summed E-state index contributed by atoms with van der Waals surface area (Å²) in [6.45, 7) is 0.490. The second-order valence-electron chi connectivity index (χ2n) is 7.74. The molecule has 0 bridgehead atoms. The fraction of sp³-hybridized carbons (Fsp3) is 0.318. The number of nitrogens with zero attached hydrogens (tertiary/aromatic N) is 3. The van der Waals surface area contributed by atoms with Gasteiger partial charge in [-0.1, -0.05) is 23.4 Å². The number of aliphatic hydroxyl groups is 1. The van der Waals surface area contributed by atoms with Crippen molar-refractivity contribution in [3.8, 4) is 22.5 Å². The Kier molecular flexibility index (Phi) is 3.84. The molecule has 2 aliphatic rings. The molecule has 142 valence electrons. The lowest BCUT2D eigenvalue weighted by atomic mass is 9.97. The fourth-order valence-electron chi connectivity index (χ4n) is 3.80. The number of benzene rings is 1. The number of hydrogen-bond donors (Lipinski definition) is 1. The number of amides is 1. The molecule has 0 unspecified atom stereocenters. The van der Waals surface area contributed by atoms with E-state index in [1.165, 1.54) is 23.3 Å². The zero-order valence-corrected chi connectivity index (χ0v) is 15.6. The lowest BCUT2D eigenvalue weighted by Crippen LogP contribution is -2.35. The summed E-state index contributed by atoms with van der Waals surface area (Å²) in [5.74, 6) is 0.506. The summed E-state index contributed by atoms with van der Waals surface area (Å²) < 4.78 is 5.37. The molecule has 1 aromatic carbocycles. The Labute approximate surface area is 162 Å². The molecule has 1 amide bonds. The molecular weight excluding hydrogens is 354 g/mol. The Balaban J connectivity index is 1.47. The summed E-state index contributed by atoms with van der Waals surface area (Å²) in [6.07, 6.45) is 4.67. The van der Waals surface area contributed by atoms with Crippen LogP contribution in [-0.4, -0.2) is 39.6 Å². The third-order valence-electron chi connectivity index (χ3n) is 5.71. The van der Waals surface area contributed by atoms with Crippen LogP contribution in [0.25, 0.3) is 22.5 Å². The maximum Gasteiger partial charge on any atom is 0.262 e. The lowest BCUT2D eigenvalue weighted by molar-refractivity contribution is -0.144. The summed E-state index contributed by atoms with van der Waals surface area (Å²) >= 11 is 0. The first-order valence-electron chi connectivity index (χ1n) is 9.56. The molecule has 1 aliphatic heterocycles. The van der Waals surface area contributed by atoms with Crippen LogP contribution in [0.4, 0.5) is 0 Å².